The van der Waals surface area contributed by atoms with E-state index in [1.165, 1.54) is 15.3 Å². The van der Waals surface area contributed by atoms with Crippen molar-refractivity contribution in [1.82, 2.24) is 4.98 Å². The number of rotatable bonds is 3. The summed E-state index contributed by atoms with van der Waals surface area (Å²) in [6.45, 7) is 6.23. The van der Waals surface area contributed by atoms with Crippen molar-refractivity contribution in [2.45, 2.75) is 39.2 Å². The number of thiazole rings is 1. The molecule has 0 saturated carbocycles. The van der Waals surface area contributed by atoms with E-state index < -0.39 is 0 Å². The number of nitrogens with two attached hydrogens (primary N) is 1. The van der Waals surface area contributed by atoms with Crippen LogP contribution in [0.3, 0.4) is 0 Å². The molecule has 2 N–H and O–H groups in total. The van der Waals surface area contributed by atoms with Gasteiger partial charge in [-0.3, -0.25) is 0 Å². The number of hydrogen-bond donors (Lipinski definition) is 1. The van der Waals surface area contributed by atoms with Crippen LogP contribution >= 0.6 is 11.3 Å². The first-order valence-electron chi connectivity index (χ1n) is 5.59. The molecule has 0 radical (unpaired) electrons. The molecular formula is C13H18N2S. The lowest BCUT2D eigenvalue weighted by Crippen LogP contribution is -2.32. The lowest BCUT2D eigenvalue weighted by molar-refractivity contribution is 0.476. The van der Waals surface area contributed by atoms with Gasteiger partial charge in [0.1, 0.15) is 0 Å². The van der Waals surface area contributed by atoms with Crippen LogP contribution in [-0.4, -0.2) is 10.5 Å². The summed E-state index contributed by atoms with van der Waals surface area (Å²) < 4.78 is 1.28. The van der Waals surface area contributed by atoms with E-state index in [1.54, 1.807) is 11.3 Å². The van der Waals surface area contributed by atoms with Crippen molar-refractivity contribution < 1.29 is 0 Å². The lowest BCUT2D eigenvalue weighted by Gasteiger charge is -2.16. The fraction of sp³-hybridized carbons (Fsp3) is 0.462. The Balaban J connectivity index is 2.20. The molecule has 0 unspecified atom stereocenters. The molecule has 2 aromatic rings. The highest BCUT2D eigenvalue weighted by Crippen LogP contribution is 2.24. The second kappa shape index (κ2) is 4.15. The minimum Gasteiger partial charge on any atom is -0.326 e. The second-order valence-electron chi connectivity index (χ2n) is 5.07. The summed E-state index contributed by atoms with van der Waals surface area (Å²) in [5.41, 5.74) is 8.28. The first-order chi connectivity index (χ1) is 7.44. The molecule has 0 fully saturated rings. The van der Waals surface area contributed by atoms with Crippen molar-refractivity contribution in [1.29, 1.82) is 0 Å². The maximum atomic E-state index is 5.98. The molecule has 0 aliphatic heterocycles. The molecule has 0 aliphatic rings. The van der Waals surface area contributed by atoms with Crippen molar-refractivity contribution in [3.05, 3.63) is 28.8 Å². The van der Waals surface area contributed by atoms with Crippen LogP contribution in [0.1, 0.15) is 30.8 Å². The topological polar surface area (TPSA) is 38.9 Å². The molecule has 1 aromatic carbocycles. The maximum absolute atomic E-state index is 5.98. The third kappa shape index (κ3) is 2.80. The van der Waals surface area contributed by atoms with Crippen molar-refractivity contribution >= 4 is 21.6 Å². The summed E-state index contributed by atoms with van der Waals surface area (Å²) in [5, 5.41) is 1.19. The molecule has 0 saturated heterocycles. The van der Waals surface area contributed by atoms with Crippen LogP contribution in [0.15, 0.2) is 18.2 Å². The van der Waals surface area contributed by atoms with Gasteiger partial charge in [-0.1, -0.05) is 6.07 Å². The van der Waals surface area contributed by atoms with Crippen LogP contribution in [0.4, 0.5) is 0 Å². The zero-order valence-electron chi connectivity index (χ0n) is 10.1. The Morgan fingerprint density at radius 2 is 2.12 bits per heavy atom. The average molecular weight is 234 g/mol. The van der Waals surface area contributed by atoms with Gasteiger partial charge in [-0.05, 0) is 44.9 Å². The summed E-state index contributed by atoms with van der Waals surface area (Å²) in [6, 6.07) is 6.40. The summed E-state index contributed by atoms with van der Waals surface area (Å²) in [4.78, 5) is 4.62. The summed E-state index contributed by atoms with van der Waals surface area (Å²) in [5.74, 6) is 0. The first kappa shape index (κ1) is 11.6. The molecule has 16 heavy (non-hydrogen) atoms. The number of aryl methyl sites for hydroxylation is 2. The number of nitrogens with zero attached hydrogens (tertiary/aromatic N) is 1. The van der Waals surface area contributed by atoms with Crippen molar-refractivity contribution in [2.24, 2.45) is 5.73 Å². The van der Waals surface area contributed by atoms with Crippen LogP contribution in [-0.2, 0) is 6.42 Å². The summed E-state index contributed by atoms with van der Waals surface area (Å²) in [7, 11) is 0. The largest absolute Gasteiger partial charge is 0.326 e. The second-order valence-corrected chi connectivity index (χ2v) is 6.18. The van der Waals surface area contributed by atoms with E-state index in [9.17, 15) is 0 Å². The van der Waals surface area contributed by atoms with E-state index in [0.29, 0.717) is 0 Å². The Bertz CT molecular complexity index is 494. The predicted octanol–water partition coefficient (Wildman–Crippen LogP) is 3.27. The Labute approximate surface area is 101 Å². The third-order valence-electron chi connectivity index (χ3n) is 2.57. The fourth-order valence-electron chi connectivity index (χ4n) is 1.62. The Morgan fingerprint density at radius 1 is 1.38 bits per heavy atom. The molecular weight excluding hydrogens is 216 g/mol. The zero-order valence-corrected chi connectivity index (χ0v) is 10.9. The van der Waals surface area contributed by atoms with E-state index >= 15 is 0 Å². The number of benzene rings is 1. The molecule has 3 heteroatoms. The highest BCUT2D eigenvalue weighted by molar-refractivity contribution is 7.18. The fourth-order valence-corrected chi connectivity index (χ4v) is 2.68. The molecule has 86 valence electrons. The van der Waals surface area contributed by atoms with Gasteiger partial charge in [0.2, 0.25) is 0 Å². The van der Waals surface area contributed by atoms with Crippen LogP contribution in [0.5, 0.6) is 0 Å². The number of hydrogen-bond acceptors (Lipinski definition) is 3. The average Bonchev–Trinajstić information content (AvgIpc) is 2.55. The molecule has 0 spiro atoms. The summed E-state index contributed by atoms with van der Waals surface area (Å²) >= 11 is 1.79. The number of fused-ring (bicyclic) bond motifs is 1. The minimum absolute atomic E-state index is 0.103. The van der Waals surface area contributed by atoms with Crippen LogP contribution in [0.25, 0.3) is 10.2 Å². The molecule has 1 aromatic heterocycles. The van der Waals surface area contributed by atoms with Gasteiger partial charge in [-0.15, -0.1) is 11.3 Å². The van der Waals surface area contributed by atoms with E-state index in [4.69, 9.17) is 5.73 Å². The minimum atomic E-state index is -0.103. The highest BCUT2D eigenvalue weighted by atomic mass is 32.1. The standard InChI is InChI=1S/C13H18N2S/c1-9-4-5-10-11(8-9)16-12(15-10)6-7-13(2,3)14/h4-5,8H,6-7,14H2,1-3H3. The van der Waals surface area contributed by atoms with Gasteiger partial charge in [0.15, 0.2) is 0 Å². The van der Waals surface area contributed by atoms with Crippen LogP contribution in [0, 0.1) is 6.92 Å². The Hall–Kier alpha value is -0.930. The molecule has 0 amide bonds. The molecule has 2 rings (SSSR count). The molecule has 0 bridgehead atoms. The van der Waals surface area contributed by atoms with Gasteiger partial charge in [-0.25, -0.2) is 4.98 Å². The quantitative estimate of drug-likeness (QED) is 0.885. The van der Waals surface area contributed by atoms with Gasteiger partial charge < -0.3 is 5.73 Å². The van der Waals surface area contributed by atoms with Gasteiger partial charge in [-0.2, -0.15) is 0 Å². The summed E-state index contributed by atoms with van der Waals surface area (Å²) in [6.07, 6.45) is 1.95. The third-order valence-corrected chi connectivity index (χ3v) is 3.65. The first-order valence-corrected chi connectivity index (χ1v) is 6.41. The molecule has 2 nitrogen and oxygen atoms in total. The van der Waals surface area contributed by atoms with E-state index in [1.807, 2.05) is 0 Å². The van der Waals surface area contributed by atoms with Gasteiger partial charge in [0.05, 0.1) is 15.2 Å². The smallest absolute Gasteiger partial charge is 0.0939 e. The highest BCUT2D eigenvalue weighted by Gasteiger charge is 2.12. The van der Waals surface area contributed by atoms with Crippen LogP contribution < -0.4 is 5.73 Å². The van der Waals surface area contributed by atoms with E-state index in [0.717, 1.165) is 18.4 Å². The Morgan fingerprint density at radius 3 is 2.81 bits per heavy atom. The monoisotopic (exact) mass is 234 g/mol. The normalized spacial score (nSPS) is 12.2. The predicted molar refractivity (Wildman–Crippen MR) is 70.9 cm³/mol. The van der Waals surface area contributed by atoms with E-state index in [-0.39, 0.29) is 5.54 Å². The van der Waals surface area contributed by atoms with Gasteiger partial charge in [0, 0.05) is 12.0 Å². The lowest BCUT2D eigenvalue weighted by atomic mass is 10.0. The SMILES string of the molecule is Cc1ccc2nc(CCC(C)(C)N)sc2c1. The van der Waals surface area contributed by atoms with E-state index in [2.05, 4.69) is 44.0 Å². The maximum Gasteiger partial charge on any atom is 0.0939 e. The zero-order chi connectivity index (χ0) is 11.8. The Kier molecular flexibility index (Phi) is 3.00. The van der Waals surface area contributed by atoms with Crippen molar-refractivity contribution in [3.63, 3.8) is 0 Å². The molecule has 0 aliphatic carbocycles. The molecule has 1 heterocycles. The van der Waals surface area contributed by atoms with Crippen molar-refractivity contribution in [3.8, 4) is 0 Å². The van der Waals surface area contributed by atoms with Gasteiger partial charge in [0.25, 0.3) is 0 Å². The van der Waals surface area contributed by atoms with Gasteiger partial charge >= 0.3 is 0 Å². The number of aromatic nitrogens is 1. The van der Waals surface area contributed by atoms with Crippen LogP contribution in [0.2, 0.25) is 0 Å². The molecule has 0 atom stereocenters. The van der Waals surface area contributed by atoms with Crippen molar-refractivity contribution in [2.75, 3.05) is 0 Å².